The number of aromatic nitrogens is 3. The van der Waals surface area contributed by atoms with Crippen molar-refractivity contribution < 1.29 is 8.42 Å². The predicted molar refractivity (Wildman–Crippen MR) is 103 cm³/mol. The molecule has 1 aliphatic rings. The first-order valence-electron chi connectivity index (χ1n) is 8.78. The largest absolute Gasteiger partial charge is 0.382 e. The fourth-order valence-electron chi connectivity index (χ4n) is 4.20. The quantitative estimate of drug-likeness (QED) is 0.731. The zero-order valence-electron chi connectivity index (χ0n) is 15.0. The van der Waals surface area contributed by atoms with Crippen molar-refractivity contribution in [3.63, 3.8) is 0 Å². The molecule has 0 aliphatic heterocycles. The zero-order chi connectivity index (χ0) is 18.5. The number of pyridine rings is 1. The van der Waals surface area contributed by atoms with E-state index in [-0.39, 0.29) is 0 Å². The summed E-state index contributed by atoms with van der Waals surface area (Å²) in [6.07, 6.45) is 4.88. The van der Waals surface area contributed by atoms with Gasteiger partial charge in [0.25, 0.3) is 0 Å². The number of imidazole rings is 1. The van der Waals surface area contributed by atoms with Gasteiger partial charge in [0, 0.05) is 11.9 Å². The molecule has 138 valence electrons. The van der Waals surface area contributed by atoms with E-state index in [2.05, 4.69) is 19.3 Å². The van der Waals surface area contributed by atoms with Gasteiger partial charge in [-0.1, -0.05) is 31.0 Å². The Kier molecular flexibility index (Phi) is 3.92. The molecule has 2 aromatic heterocycles. The molecule has 0 atom stereocenters. The third kappa shape index (κ3) is 2.93. The molecule has 1 fully saturated rings. The third-order valence-electron chi connectivity index (χ3n) is 5.22. The molecule has 4 rings (SSSR count). The van der Waals surface area contributed by atoms with Crippen molar-refractivity contribution in [3.8, 4) is 0 Å². The van der Waals surface area contributed by atoms with Gasteiger partial charge in [0.15, 0.2) is 5.82 Å². The van der Waals surface area contributed by atoms with Crippen LogP contribution in [0.3, 0.4) is 0 Å². The molecule has 0 saturated heterocycles. The first-order chi connectivity index (χ1) is 12.3. The van der Waals surface area contributed by atoms with E-state index in [9.17, 15) is 8.42 Å². The molecule has 26 heavy (non-hydrogen) atoms. The van der Waals surface area contributed by atoms with Crippen molar-refractivity contribution in [2.75, 3.05) is 12.0 Å². The van der Waals surface area contributed by atoms with Crippen molar-refractivity contribution in [3.05, 3.63) is 30.1 Å². The van der Waals surface area contributed by atoms with Crippen LogP contribution in [0.25, 0.3) is 21.9 Å². The number of aryl methyl sites for hydroxylation is 1. The second kappa shape index (κ2) is 5.92. The van der Waals surface area contributed by atoms with Crippen LogP contribution in [0.2, 0.25) is 0 Å². The molecule has 0 spiro atoms. The maximum absolute atomic E-state index is 12.0. The SMILES string of the molecule is Cc1nc2c(N)nc3ccccc3c2n1CC1(NS(C)(=O)=O)CCCC1. The van der Waals surface area contributed by atoms with Crippen molar-refractivity contribution in [2.24, 2.45) is 0 Å². The van der Waals surface area contributed by atoms with Crippen molar-refractivity contribution in [1.29, 1.82) is 0 Å². The molecule has 0 unspecified atom stereocenters. The van der Waals surface area contributed by atoms with Crippen LogP contribution in [0.4, 0.5) is 5.82 Å². The average molecular weight is 373 g/mol. The van der Waals surface area contributed by atoms with Crippen LogP contribution in [-0.2, 0) is 16.6 Å². The van der Waals surface area contributed by atoms with Crippen LogP contribution in [0.15, 0.2) is 24.3 Å². The van der Waals surface area contributed by atoms with Gasteiger partial charge in [0.2, 0.25) is 10.0 Å². The van der Waals surface area contributed by atoms with Gasteiger partial charge in [-0.3, -0.25) is 0 Å². The van der Waals surface area contributed by atoms with Gasteiger partial charge in [0.05, 0.1) is 22.8 Å². The van der Waals surface area contributed by atoms with E-state index in [4.69, 9.17) is 5.73 Å². The highest BCUT2D eigenvalue weighted by atomic mass is 32.2. The van der Waals surface area contributed by atoms with E-state index in [1.54, 1.807) is 0 Å². The van der Waals surface area contributed by atoms with Gasteiger partial charge >= 0.3 is 0 Å². The monoisotopic (exact) mass is 373 g/mol. The smallest absolute Gasteiger partial charge is 0.209 e. The Morgan fingerprint density at radius 3 is 2.62 bits per heavy atom. The van der Waals surface area contributed by atoms with E-state index < -0.39 is 15.6 Å². The first-order valence-corrected chi connectivity index (χ1v) is 10.7. The number of hydrogen-bond acceptors (Lipinski definition) is 5. The van der Waals surface area contributed by atoms with Crippen LogP contribution in [-0.4, -0.2) is 34.7 Å². The second-order valence-corrected chi connectivity index (χ2v) is 9.07. The average Bonchev–Trinajstić information content (AvgIpc) is 3.12. The highest BCUT2D eigenvalue weighted by Gasteiger charge is 2.37. The van der Waals surface area contributed by atoms with Crippen LogP contribution in [0.5, 0.6) is 0 Å². The second-order valence-electron chi connectivity index (χ2n) is 7.32. The molecule has 1 aromatic carbocycles. The molecule has 7 nitrogen and oxygen atoms in total. The van der Waals surface area contributed by atoms with Crippen molar-refractivity contribution in [1.82, 2.24) is 19.3 Å². The Bertz CT molecular complexity index is 1100. The molecule has 1 aliphatic carbocycles. The highest BCUT2D eigenvalue weighted by molar-refractivity contribution is 7.88. The number of nitrogens with zero attached hydrogens (tertiary/aromatic N) is 3. The lowest BCUT2D eigenvalue weighted by Crippen LogP contribution is -2.49. The molecule has 0 radical (unpaired) electrons. The fraction of sp³-hybridized carbons (Fsp3) is 0.444. The summed E-state index contributed by atoms with van der Waals surface area (Å²) in [6, 6.07) is 7.83. The summed E-state index contributed by atoms with van der Waals surface area (Å²) in [5.41, 5.74) is 8.08. The topological polar surface area (TPSA) is 103 Å². The summed E-state index contributed by atoms with van der Waals surface area (Å²) >= 11 is 0. The molecule has 3 N–H and O–H groups in total. The predicted octanol–water partition coefficient (Wildman–Crippen LogP) is 2.34. The number of anilines is 1. The van der Waals surface area contributed by atoms with Crippen LogP contribution < -0.4 is 10.5 Å². The lowest BCUT2D eigenvalue weighted by molar-refractivity contribution is 0.337. The lowest BCUT2D eigenvalue weighted by Gasteiger charge is -2.30. The number of nitrogen functional groups attached to an aromatic ring is 1. The minimum absolute atomic E-state index is 0.400. The zero-order valence-corrected chi connectivity index (χ0v) is 15.8. The van der Waals surface area contributed by atoms with Crippen LogP contribution in [0, 0.1) is 6.92 Å². The maximum Gasteiger partial charge on any atom is 0.209 e. The van der Waals surface area contributed by atoms with Crippen molar-refractivity contribution >= 4 is 37.8 Å². The molecule has 3 aromatic rings. The number of fused-ring (bicyclic) bond motifs is 3. The van der Waals surface area contributed by atoms with E-state index in [0.29, 0.717) is 17.9 Å². The van der Waals surface area contributed by atoms with E-state index in [1.165, 1.54) is 6.26 Å². The minimum Gasteiger partial charge on any atom is -0.382 e. The van der Waals surface area contributed by atoms with Crippen LogP contribution in [0.1, 0.15) is 31.5 Å². The normalized spacial score (nSPS) is 17.3. The maximum atomic E-state index is 12.0. The Morgan fingerprint density at radius 1 is 1.23 bits per heavy atom. The highest BCUT2D eigenvalue weighted by Crippen LogP contribution is 2.35. The summed E-state index contributed by atoms with van der Waals surface area (Å²) in [5.74, 6) is 1.21. The molecule has 0 bridgehead atoms. The molecular formula is C18H23N5O2S. The van der Waals surface area contributed by atoms with Gasteiger partial charge in [-0.05, 0) is 25.8 Å². The Morgan fingerprint density at radius 2 is 1.92 bits per heavy atom. The fourth-order valence-corrected chi connectivity index (χ4v) is 5.26. The summed E-state index contributed by atoms with van der Waals surface area (Å²) in [7, 11) is -3.31. The number of nitrogens with one attached hydrogen (secondary N) is 1. The lowest BCUT2D eigenvalue weighted by atomic mass is 9.99. The summed E-state index contributed by atoms with van der Waals surface area (Å²) in [4.78, 5) is 9.09. The Balaban J connectivity index is 1.92. The number of sulfonamides is 1. The summed E-state index contributed by atoms with van der Waals surface area (Å²) in [6.45, 7) is 2.47. The third-order valence-corrected chi connectivity index (χ3v) is 6.03. The first kappa shape index (κ1) is 17.2. The number of benzene rings is 1. The number of para-hydroxylation sites is 1. The number of rotatable bonds is 4. The summed E-state index contributed by atoms with van der Waals surface area (Å²) in [5, 5.41) is 0.977. The van der Waals surface area contributed by atoms with E-state index >= 15 is 0 Å². The van der Waals surface area contributed by atoms with Gasteiger partial charge in [-0.25, -0.2) is 23.1 Å². The Hall–Kier alpha value is -2.19. The number of hydrogen-bond donors (Lipinski definition) is 2. The molecular weight excluding hydrogens is 350 g/mol. The minimum atomic E-state index is -3.31. The molecule has 1 saturated carbocycles. The van der Waals surface area contributed by atoms with Gasteiger partial charge in [-0.15, -0.1) is 0 Å². The van der Waals surface area contributed by atoms with E-state index in [1.807, 2.05) is 31.2 Å². The molecule has 2 heterocycles. The standard InChI is InChI=1S/C18H23N5O2S/c1-12-20-15-16(13-7-3-4-8-14(13)21-17(15)19)23(12)11-18(9-5-6-10-18)22-26(2,24)25/h3-4,7-8,22H,5-6,9-11H2,1-2H3,(H2,19,21). The van der Waals surface area contributed by atoms with Crippen molar-refractivity contribution in [2.45, 2.75) is 44.7 Å². The number of nitrogens with two attached hydrogens (primary N) is 1. The Labute approximate surface area is 152 Å². The summed E-state index contributed by atoms with van der Waals surface area (Å²) < 4.78 is 28.9. The van der Waals surface area contributed by atoms with Gasteiger partial charge in [0.1, 0.15) is 11.3 Å². The van der Waals surface area contributed by atoms with Crippen LogP contribution >= 0.6 is 0 Å². The van der Waals surface area contributed by atoms with Gasteiger partial charge < -0.3 is 10.3 Å². The van der Waals surface area contributed by atoms with Gasteiger partial charge in [-0.2, -0.15) is 0 Å². The molecule has 0 amide bonds. The van der Waals surface area contributed by atoms with E-state index in [0.717, 1.165) is 47.9 Å². The molecule has 8 heteroatoms.